The van der Waals surface area contributed by atoms with Gasteiger partial charge < -0.3 is 11.1 Å². The second kappa shape index (κ2) is 6.30. The van der Waals surface area contributed by atoms with Gasteiger partial charge in [-0.05, 0) is 56.3 Å². The Hall–Kier alpha value is -2.20. The molecule has 0 aromatic heterocycles. The summed E-state index contributed by atoms with van der Waals surface area (Å²) >= 11 is 0. The maximum Gasteiger partial charge on any atom is 0.159 e. The molecule has 0 radical (unpaired) electrons. The molecule has 20 heavy (non-hydrogen) atoms. The number of Topliss-reactive ketones (excluding diaryl/α,β-unsaturated/α-hetero) is 1. The molecule has 104 valence electrons. The average Bonchev–Trinajstić information content (AvgIpc) is 2.43. The van der Waals surface area contributed by atoms with E-state index >= 15 is 0 Å². The quantitative estimate of drug-likeness (QED) is 0.821. The van der Waals surface area contributed by atoms with E-state index in [0.29, 0.717) is 29.8 Å². The zero-order valence-electron chi connectivity index (χ0n) is 11.3. The number of rotatable bonds is 5. The van der Waals surface area contributed by atoms with E-state index in [0.717, 1.165) is 5.69 Å². The van der Waals surface area contributed by atoms with Crippen molar-refractivity contribution in [2.45, 2.75) is 13.3 Å². The van der Waals surface area contributed by atoms with Crippen molar-refractivity contribution in [3.05, 3.63) is 59.4 Å². The van der Waals surface area contributed by atoms with Gasteiger partial charge in [-0.3, -0.25) is 4.79 Å². The second-order valence-electron chi connectivity index (χ2n) is 4.56. The van der Waals surface area contributed by atoms with Crippen LogP contribution < -0.4 is 11.1 Å². The van der Waals surface area contributed by atoms with E-state index < -0.39 is 0 Å². The zero-order chi connectivity index (χ0) is 14.5. The topological polar surface area (TPSA) is 55.1 Å². The minimum Gasteiger partial charge on any atom is -0.355 e. The van der Waals surface area contributed by atoms with Gasteiger partial charge in [-0.1, -0.05) is 6.07 Å². The Morgan fingerprint density at radius 1 is 1.20 bits per heavy atom. The maximum absolute atomic E-state index is 13.8. The smallest absolute Gasteiger partial charge is 0.159 e. The first-order valence-electron chi connectivity index (χ1n) is 6.47. The molecule has 2 rings (SSSR count). The number of ketones is 1. The fourth-order valence-corrected chi connectivity index (χ4v) is 2.02. The van der Waals surface area contributed by atoms with Gasteiger partial charge in [0, 0.05) is 22.5 Å². The average molecular weight is 272 g/mol. The molecule has 0 unspecified atom stereocenters. The highest BCUT2D eigenvalue weighted by atomic mass is 19.1. The summed E-state index contributed by atoms with van der Waals surface area (Å²) in [5.74, 6) is -0.244. The molecule has 3 nitrogen and oxygen atoms in total. The fourth-order valence-electron chi connectivity index (χ4n) is 2.02. The lowest BCUT2D eigenvalue weighted by molar-refractivity contribution is 0.101. The van der Waals surface area contributed by atoms with Crippen molar-refractivity contribution in [1.82, 2.24) is 0 Å². The van der Waals surface area contributed by atoms with E-state index in [1.165, 1.54) is 13.0 Å². The van der Waals surface area contributed by atoms with Gasteiger partial charge in [0.05, 0.1) is 0 Å². The van der Waals surface area contributed by atoms with Gasteiger partial charge in [-0.2, -0.15) is 0 Å². The minimum absolute atomic E-state index is 0.0196. The molecule has 0 aliphatic rings. The maximum atomic E-state index is 13.8. The van der Waals surface area contributed by atoms with Crippen molar-refractivity contribution in [1.29, 1.82) is 0 Å². The Morgan fingerprint density at radius 2 is 1.90 bits per heavy atom. The summed E-state index contributed by atoms with van der Waals surface area (Å²) < 4.78 is 13.8. The van der Waals surface area contributed by atoms with Gasteiger partial charge in [-0.15, -0.1) is 0 Å². The molecule has 0 saturated carbocycles. The van der Waals surface area contributed by atoms with Gasteiger partial charge in [0.1, 0.15) is 5.82 Å². The van der Waals surface area contributed by atoms with Crippen LogP contribution in [0.3, 0.4) is 0 Å². The highest BCUT2D eigenvalue weighted by Crippen LogP contribution is 2.24. The summed E-state index contributed by atoms with van der Waals surface area (Å²) in [4.78, 5) is 11.2. The highest BCUT2D eigenvalue weighted by Gasteiger charge is 2.08. The number of nitrogens with one attached hydrogen (secondary N) is 1. The molecular formula is C16H17FN2O. The molecule has 2 aromatic rings. The largest absolute Gasteiger partial charge is 0.355 e. The van der Waals surface area contributed by atoms with E-state index in [4.69, 9.17) is 5.73 Å². The van der Waals surface area contributed by atoms with Crippen LogP contribution in [-0.4, -0.2) is 12.3 Å². The number of carbonyl (C=O) groups is 1. The van der Waals surface area contributed by atoms with E-state index in [2.05, 4.69) is 5.32 Å². The van der Waals surface area contributed by atoms with Crippen molar-refractivity contribution >= 4 is 17.2 Å². The van der Waals surface area contributed by atoms with Crippen molar-refractivity contribution in [3.63, 3.8) is 0 Å². The number of hydrogen-bond donors (Lipinski definition) is 2. The van der Waals surface area contributed by atoms with Gasteiger partial charge in [0.25, 0.3) is 0 Å². The van der Waals surface area contributed by atoms with Crippen molar-refractivity contribution in [2.24, 2.45) is 5.73 Å². The molecule has 0 aliphatic heterocycles. The predicted molar refractivity (Wildman–Crippen MR) is 78.9 cm³/mol. The van der Waals surface area contributed by atoms with Crippen molar-refractivity contribution < 1.29 is 9.18 Å². The van der Waals surface area contributed by atoms with E-state index in [9.17, 15) is 9.18 Å². The third-order valence-corrected chi connectivity index (χ3v) is 3.08. The molecule has 0 aliphatic carbocycles. The molecule has 0 fully saturated rings. The first-order valence-corrected chi connectivity index (χ1v) is 6.47. The van der Waals surface area contributed by atoms with Crippen LogP contribution in [-0.2, 0) is 6.42 Å². The molecule has 2 aromatic carbocycles. The first-order chi connectivity index (χ1) is 9.61. The van der Waals surface area contributed by atoms with Crippen LogP contribution in [0.25, 0.3) is 0 Å². The highest BCUT2D eigenvalue weighted by molar-refractivity contribution is 5.94. The number of benzene rings is 2. The fraction of sp³-hybridized carbons (Fsp3) is 0.188. The summed E-state index contributed by atoms with van der Waals surface area (Å²) in [6.45, 7) is 1.91. The standard InChI is InChI=1S/C16H17FN2O/c1-11(20)12-5-7-13(8-6-12)19-16-4-2-3-15(17)14(16)9-10-18/h2-8,19H,9-10,18H2,1H3. The number of nitrogens with two attached hydrogens (primary N) is 1. The van der Waals surface area contributed by atoms with Gasteiger partial charge in [0.15, 0.2) is 5.78 Å². The molecular weight excluding hydrogens is 255 g/mol. The third kappa shape index (κ3) is 3.22. The summed E-state index contributed by atoms with van der Waals surface area (Å²) in [5, 5.41) is 3.16. The van der Waals surface area contributed by atoms with Crippen molar-refractivity contribution in [2.75, 3.05) is 11.9 Å². The normalized spacial score (nSPS) is 10.3. The Labute approximate surface area is 117 Å². The summed E-state index contributed by atoms with van der Waals surface area (Å²) in [7, 11) is 0. The van der Waals surface area contributed by atoms with Gasteiger partial charge in [0.2, 0.25) is 0 Å². The third-order valence-electron chi connectivity index (χ3n) is 3.08. The molecule has 0 bridgehead atoms. The molecule has 0 spiro atoms. The second-order valence-corrected chi connectivity index (χ2v) is 4.56. The zero-order valence-corrected chi connectivity index (χ0v) is 11.3. The lowest BCUT2D eigenvalue weighted by Crippen LogP contribution is -2.07. The predicted octanol–water partition coefficient (Wildman–Crippen LogP) is 3.27. The molecule has 0 saturated heterocycles. The van der Waals surface area contributed by atoms with E-state index in [1.54, 1.807) is 30.3 Å². The lowest BCUT2D eigenvalue weighted by atomic mass is 10.1. The van der Waals surface area contributed by atoms with E-state index in [1.807, 2.05) is 6.07 Å². The summed E-state index contributed by atoms with van der Waals surface area (Å²) in [6.07, 6.45) is 0.473. The number of anilines is 2. The van der Waals surface area contributed by atoms with Gasteiger partial charge in [-0.25, -0.2) is 4.39 Å². The molecule has 4 heteroatoms. The Bertz CT molecular complexity index is 608. The minimum atomic E-state index is -0.263. The van der Waals surface area contributed by atoms with Crippen LogP contribution in [0.4, 0.5) is 15.8 Å². The molecule has 0 atom stereocenters. The van der Waals surface area contributed by atoms with Crippen LogP contribution in [0.1, 0.15) is 22.8 Å². The Morgan fingerprint density at radius 3 is 2.50 bits per heavy atom. The Balaban J connectivity index is 2.25. The van der Waals surface area contributed by atoms with Crippen LogP contribution >= 0.6 is 0 Å². The Kier molecular flexibility index (Phi) is 4.48. The lowest BCUT2D eigenvalue weighted by Gasteiger charge is -2.12. The van der Waals surface area contributed by atoms with Crippen LogP contribution in [0.2, 0.25) is 0 Å². The number of carbonyl (C=O) groups excluding carboxylic acids is 1. The van der Waals surface area contributed by atoms with Crippen LogP contribution in [0.5, 0.6) is 0 Å². The monoisotopic (exact) mass is 272 g/mol. The summed E-state index contributed by atoms with van der Waals surface area (Å²) in [6, 6.07) is 12.0. The SMILES string of the molecule is CC(=O)c1ccc(Nc2cccc(F)c2CCN)cc1. The summed E-state index contributed by atoms with van der Waals surface area (Å²) in [5.41, 5.74) is 8.24. The van der Waals surface area contributed by atoms with Gasteiger partial charge >= 0.3 is 0 Å². The van der Waals surface area contributed by atoms with E-state index in [-0.39, 0.29) is 11.6 Å². The van der Waals surface area contributed by atoms with Crippen molar-refractivity contribution in [3.8, 4) is 0 Å². The molecule has 0 amide bonds. The van der Waals surface area contributed by atoms with Crippen LogP contribution in [0, 0.1) is 5.82 Å². The van der Waals surface area contributed by atoms with Crippen LogP contribution in [0.15, 0.2) is 42.5 Å². The number of halogens is 1. The molecule has 3 N–H and O–H groups in total. The molecule has 0 heterocycles. The first kappa shape index (κ1) is 14.2. The number of hydrogen-bond acceptors (Lipinski definition) is 3.